The van der Waals surface area contributed by atoms with Crippen LogP contribution in [0.5, 0.6) is 0 Å². The van der Waals surface area contributed by atoms with Crippen LogP contribution in [0, 0.1) is 13.8 Å². The Morgan fingerprint density at radius 1 is 0.880 bits per heavy atom. The Bertz CT molecular complexity index is 938. The van der Waals surface area contributed by atoms with Crippen molar-refractivity contribution in [3.8, 4) is 0 Å². The van der Waals surface area contributed by atoms with Crippen LogP contribution in [-0.4, -0.2) is 11.7 Å². The van der Waals surface area contributed by atoms with Crippen molar-refractivity contribution < 1.29 is 9.59 Å². The van der Waals surface area contributed by atoms with E-state index >= 15 is 0 Å². The number of amides is 1. The Hall–Kier alpha value is -2.94. The Morgan fingerprint density at radius 2 is 1.64 bits per heavy atom. The predicted molar refractivity (Wildman–Crippen MR) is 102 cm³/mol. The summed E-state index contributed by atoms with van der Waals surface area (Å²) >= 11 is 0. The zero-order chi connectivity index (χ0) is 17.8. The summed E-state index contributed by atoms with van der Waals surface area (Å²) in [6, 6.07) is 19.5. The molecule has 0 aromatic heterocycles. The van der Waals surface area contributed by atoms with Crippen molar-refractivity contribution in [2.24, 2.45) is 0 Å². The molecule has 25 heavy (non-hydrogen) atoms. The molecule has 3 rings (SSSR count). The summed E-state index contributed by atoms with van der Waals surface area (Å²) in [4.78, 5) is 24.7. The van der Waals surface area contributed by atoms with Gasteiger partial charge in [-0.15, -0.1) is 0 Å². The van der Waals surface area contributed by atoms with Gasteiger partial charge in [-0.25, -0.2) is 0 Å². The van der Waals surface area contributed by atoms with Crippen molar-refractivity contribution >= 4 is 28.2 Å². The average molecular weight is 331 g/mol. The molecule has 0 atom stereocenters. The fourth-order valence-electron chi connectivity index (χ4n) is 2.95. The lowest BCUT2D eigenvalue weighted by molar-refractivity contribution is -0.116. The molecular weight excluding hydrogens is 310 g/mol. The van der Waals surface area contributed by atoms with Gasteiger partial charge in [0, 0.05) is 29.5 Å². The first-order valence-electron chi connectivity index (χ1n) is 8.42. The van der Waals surface area contributed by atoms with Crippen LogP contribution >= 0.6 is 0 Å². The molecule has 1 N–H and O–H groups in total. The first kappa shape index (κ1) is 16.9. The molecule has 0 fully saturated rings. The molecule has 1 amide bonds. The van der Waals surface area contributed by atoms with Crippen molar-refractivity contribution in [3.05, 3.63) is 77.4 Å². The van der Waals surface area contributed by atoms with Gasteiger partial charge in [-0.1, -0.05) is 54.1 Å². The third kappa shape index (κ3) is 3.94. The Balaban J connectivity index is 1.66. The van der Waals surface area contributed by atoms with Crippen LogP contribution in [0.25, 0.3) is 10.8 Å². The quantitative estimate of drug-likeness (QED) is 0.664. The van der Waals surface area contributed by atoms with E-state index in [0.717, 1.165) is 27.6 Å². The Morgan fingerprint density at radius 3 is 2.48 bits per heavy atom. The van der Waals surface area contributed by atoms with E-state index in [1.165, 1.54) is 0 Å². The monoisotopic (exact) mass is 331 g/mol. The van der Waals surface area contributed by atoms with E-state index in [2.05, 4.69) is 5.32 Å². The minimum atomic E-state index is -0.144. The number of rotatable bonds is 5. The number of ketones is 1. The Labute approximate surface area is 147 Å². The van der Waals surface area contributed by atoms with Crippen LogP contribution < -0.4 is 5.32 Å². The second-order valence-electron chi connectivity index (χ2n) is 6.32. The first-order chi connectivity index (χ1) is 12.0. The maximum Gasteiger partial charge on any atom is 0.224 e. The molecular formula is C22H21NO2. The van der Waals surface area contributed by atoms with Crippen LogP contribution in [0.1, 0.15) is 34.3 Å². The zero-order valence-corrected chi connectivity index (χ0v) is 14.5. The average Bonchev–Trinajstić information content (AvgIpc) is 2.62. The standard InChI is InChI=1S/C22H21NO2/c1-15-10-11-16(2)19(14-15)21(24)12-13-22(25)23-20-9-5-7-17-6-3-4-8-18(17)20/h3-11,14H,12-13H2,1-2H3,(H,23,25). The van der Waals surface area contributed by atoms with Crippen molar-refractivity contribution in [3.63, 3.8) is 0 Å². The highest BCUT2D eigenvalue weighted by molar-refractivity contribution is 6.04. The number of nitrogens with one attached hydrogen (secondary N) is 1. The number of benzene rings is 3. The summed E-state index contributed by atoms with van der Waals surface area (Å²) in [6.45, 7) is 3.88. The number of hydrogen-bond donors (Lipinski definition) is 1. The van der Waals surface area contributed by atoms with Crippen molar-refractivity contribution in [2.45, 2.75) is 26.7 Å². The molecule has 0 radical (unpaired) electrons. The van der Waals surface area contributed by atoms with Crippen LogP contribution in [0.2, 0.25) is 0 Å². The van der Waals surface area contributed by atoms with E-state index in [9.17, 15) is 9.59 Å². The topological polar surface area (TPSA) is 46.2 Å². The number of hydrogen-bond acceptors (Lipinski definition) is 2. The molecule has 3 heteroatoms. The van der Waals surface area contributed by atoms with E-state index in [1.807, 2.05) is 74.5 Å². The highest BCUT2D eigenvalue weighted by Crippen LogP contribution is 2.23. The SMILES string of the molecule is Cc1ccc(C)c(C(=O)CCC(=O)Nc2cccc3ccccc23)c1. The number of carbonyl (C=O) groups excluding carboxylic acids is 2. The molecule has 0 saturated carbocycles. The van der Waals surface area contributed by atoms with Gasteiger partial charge in [0.15, 0.2) is 5.78 Å². The van der Waals surface area contributed by atoms with Crippen LogP contribution in [0.3, 0.4) is 0 Å². The second-order valence-corrected chi connectivity index (χ2v) is 6.32. The molecule has 126 valence electrons. The molecule has 0 heterocycles. The minimum absolute atomic E-state index is 0.00858. The Kier molecular flexibility index (Phi) is 4.94. The largest absolute Gasteiger partial charge is 0.326 e. The molecule has 0 saturated heterocycles. The number of anilines is 1. The molecule has 0 aliphatic carbocycles. The molecule has 0 spiro atoms. The third-order valence-corrected chi connectivity index (χ3v) is 4.34. The van der Waals surface area contributed by atoms with Crippen LogP contribution in [0.15, 0.2) is 60.7 Å². The maximum atomic E-state index is 12.4. The van der Waals surface area contributed by atoms with Gasteiger partial charge in [-0.05, 0) is 36.9 Å². The fourth-order valence-corrected chi connectivity index (χ4v) is 2.95. The molecule has 0 bridgehead atoms. The lowest BCUT2D eigenvalue weighted by Gasteiger charge is -2.09. The van der Waals surface area contributed by atoms with Crippen molar-refractivity contribution in [1.29, 1.82) is 0 Å². The van der Waals surface area contributed by atoms with E-state index in [4.69, 9.17) is 0 Å². The number of Topliss-reactive ketones (excluding diaryl/α,β-unsaturated/α-hetero) is 1. The van der Waals surface area contributed by atoms with Crippen molar-refractivity contribution in [2.75, 3.05) is 5.32 Å². The molecule has 3 nitrogen and oxygen atoms in total. The van der Waals surface area contributed by atoms with Gasteiger partial charge in [0.25, 0.3) is 0 Å². The summed E-state index contributed by atoms with van der Waals surface area (Å²) in [5, 5.41) is 5.00. The normalized spacial score (nSPS) is 10.6. The minimum Gasteiger partial charge on any atom is -0.326 e. The predicted octanol–water partition coefficient (Wildman–Crippen LogP) is 5.06. The van der Waals surface area contributed by atoms with Crippen LogP contribution in [-0.2, 0) is 4.79 Å². The van der Waals surface area contributed by atoms with Crippen LogP contribution in [0.4, 0.5) is 5.69 Å². The lowest BCUT2D eigenvalue weighted by atomic mass is 9.99. The van der Waals surface area contributed by atoms with E-state index in [-0.39, 0.29) is 24.5 Å². The summed E-state index contributed by atoms with van der Waals surface area (Å²) in [5.74, 6) is -0.135. The van der Waals surface area contributed by atoms with Gasteiger partial charge in [0.2, 0.25) is 5.91 Å². The third-order valence-electron chi connectivity index (χ3n) is 4.34. The highest BCUT2D eigenvalue weighted by atomic mass is 16.2. The number of carbonyl (C=O) groups is 2. The van der Waals surface area contributed by atoms with Gasteiger partial charge >= 0.3 is 0 Å². The van der Waals surface area contributed by atoms with Gasteiger partial charge in [-0.2, -0.15) is 0 Å². The molecule has 3 aromatic carbocycles. The summed E-state index contributed by atoms with van der Waals surface area (Å²) in [6.07, 6.45) is 0.385. The summed E-state index contributed by atoms with van der Waals surface area (Å²) < 4.78 is 0. The zero-order valence-electron chi connectivity index (χ0n) is 14.5. The van der Waals surface area contributed by atoms with E-state index < -0.39 is 0 Å². The molecule has 0 unspecified atom stereocenters. The number of fused-ring (bicyclic) bond motifs is 1. The van der Waals surface area contributed by atoms with E-state index in [0.29, 0.717) is 5.56 Å². The molecule has 0 aliphatic rings. The fraction of sp³-hybridized carbons (Fsp3) is 0.182. The smallest absolute Gasteiger partial charge is 0.224 e. The van der Waals surface area contributed by atoms with Crippen molar-refractivity contribution in [1.82, 2.24) is 0 Å². The van der Waals surface area contributed by atoms with Gasteiger partial charge < -0.3 is 5.32 Å². The van der Waals surface area contributed by atoms with Gasteiger partial charge in [0.05, 0.1) is 0 Å². The summed E-state index contributed by atoms with van der Waals surface area (Å²) in [5.41, 5.74) is 3.49. The number of aryl methyl sites for hydroxylation is 2. The molecule has 3 aromatic rings. The van der Waals surface area contributed by atoms with E-state index in [1.54, 1.807) is 0 Å². The lowest BCUT2D eigenvalue weighted by Crippen LogP contribution is -2.14. The molecule has 0 aliphatic heterocycles. The van der Waals surface area contributed by atoms with Gasteiger partial charge in [0.1, 0.15) is 0 Å². The second kappa shape index (κ2) is 7.31. The van der Waals surface area contributed by atoms with Gasteiger partial charge in [-0.3, -0.25) is 9.59 Å². The highest BCUT2D eigenvalue weighted by Gasteiger charge is 2.12. The maximum absolute atomic E-state index is 12.4. The first-order valence-corrected chi connectivity index (χ1v) is 8.42. The summed E-state index contributed by atoms with van der Waals surface area (Å²) in [7, 11) is 0.